The molecule has 0 unspecified atom stereocenters. The number of nitrogens with zero attached hydrogens (tertiary/aromatic N) is 2. The van der Waals surface area contributed by atoms with E-state index in [2.05, 4.69) is 0 Å². The molecule has 6 nitrogen and oxygen atoms in total. The number of hydrogen-bond donors (Lipinski definition) is 0. The summed E-state index contributed by atoms with van der Waals surface area (Å²) in [6.45, 7) is 1.80. The van der Waals surface area contributed by atoms with Gasteiger partial charge in [-0.2, -0.15) is 26.3 Å². The number of halogens is 6. The van der Waals surface area contributed by atoms with Crippen LogP contribution >= 0.6 is 0 Å². The highest BCUT2D eigenvalue weighted by atomic mass is 19.4. The lowest BCUT2D eigenvalue weighted by Crippen LogP contribution is -2.45. The second-order valence-electron chi connectivity index (χ2n) is 8.46. The molecule has 1 aromatic carbocycles. The van der Waals surface area contributed by atoms with Gasteiger partial charge in [-0.05, 0) is 43.5 Å². The summed E-state index contributed by atoms with van der Waals surface area (Å²) in [6.07, 6.45) is -9.05. The summed E-state index contributed by atoms with van der Waals surface area (Å²) in [5, 5.41) is 0. The van der Waals surface area contributed by atoms with Crippen molar-refractivity contribution < 1.29 is 45.5 Å². The second-order valence-corrected chi connectivity index (χ2v) is 8.46. The van der Waals surface area contributed by atoms with Crippen molar-refractivity contribution in [2.24, 2.45) is 11.8 Å². The van der Waals surface area contributed by atoms with Crippen molar-refractivity contribution in [3.63, 3.8) is 0 Å². The van der Waals surface area contributed by atoms with Gasteiger partial charge in [0.2, 0.25) is 11.8 Å². The molecule has 2 heterocycles. The molecule has 188 valence electrons. The first kappa shape index (κ1) is 25.8. The van der Waals surface area contributed by atoms with Crippen LogP contribution in [0.3, 0.4) is 0 Å². The fourth-order valence-electron chi connectivity index (χ4n) is 4.31. The van der Waals surface area contributed by atoms with Crippen molar-refractivity contribution in [3.05, 3.63) is 34.9 Å². The van der Waals surface area contributed by atoms with E-state index in [-0.39, 0.29) is 43.7 Å². The lowest BCUT2D eigenvalue weighted by molar-refractivity contribution is -0.152. The van der Waals surface area contributed by atoms with Gasteiger partial charge >= 0.3 is 18.3 Å². The Kier molecular flexibility index (Phi) is 7.47. The zero-order chi connectivity index (χ0) is 25.3. The van der Waals surface area contributed by atoms with Crippen molar-refractivity contribution >= 4 is 17.8 Å². The summed E-state index contributed by atoms with van der Waals surface area (Å²) in [4.78, 5) is 39.9. The molecule has 0 aliphatic carbocycles. The summed E-state index contributed by atoms with van der Waals surface area (Å²) in [6, 6.07) is 1.18. The first-order chi connectivity index (χ1) is 15.8. The van der Waals surface area contributed by atoms with Crippen LogP contribution in [0, 0.1) is 11.8 Å². The summed E-state index contributed by atoms with van der Waals surface area (Å²) in [5.74, 6) is -2.58. The van der Waals surface area contributed by atoms with E-state index >= 15 is 0 Å². The molecule has 0 saturated carbocycles. The van der Waals surface area contributed by atoms with Gasteiger partial charge in [0.05, 0.1) is 29.6 Å². The van der Waals surface area contributed by atoms with Crippen LogP contribution in [0.4, 0.5) is 26.3 Å². The molecule has 0 aromatic heterocycles. The Hall–Kier alpha value is -2.79. The molecular weight excluding hydrogens is 470 g/mol. The molecule has 2 atom stereocenters. The number of benzene rings is 1. The van der Waals surface area contributed by atoms with E-state index in [1.54, 1.807) is 6.92 Å². The lowest BCUT2D eigenvalue weighted by Gasteiger charge is -2.33. The lowest BCUT2D eigenvalue weighted by atomic mass is 9.96. The van der Waals surface area contributed by atoms with Crippen molar-refractivity contribution in [2.75, 3.05) is 26.2 Å². The van der Waals surface area contributed by atoms with Crippen molar-refractivity contribution in [3.8, 4) is 0 Å². The topological polar surface area (TPSA) is 66.9 Å². The number of carbonyl (C=O) groups is 3. The van der Waals surface area contributed by atoms with E-state index in [9.17, 15) is 40.7 Å². The highest BCUT2D eigenvalue weighted by Crippen LogP contribution is 2.37. The molecule has 12 heteroatoms. The average molecular weight is 494 g/mol. The fourth-order valence-corrected chi connectivity index (χ4v) is 4.31. The predicted octanol–water partition coefficient (Wildman–Crippen LogP) is 3.87. The molecule has 2 aliphatic heterocycles. The van der Waals surface area contributed by atoms with Gasteiger partial charge < -0.3 is 14.5 Å². The maximum Gasteiger partial charge on any atom is 0.416 e. The fraction of sp³-hybridized carbons (Fsp3) is 0.591. The summed E-state index contributed by atoms with van der Waals surface area (Å²) < 4.78 is 83.6. The first-order valence-electron chi connectivity index (χ1n) is 10.8. The van der Waals surface area contributed by atoms with Gasteiger partial charge in [0, 0.05) is 32.6 Å². The number of likely N-dealkylation sites (tertiary alicyclic amines) is 2. The standard InChI is InChI=1S/C22H24F6N2O4/c1-2-34-20(33)14-4-3-5-29(11-14)19(32)15-8-18(31)30(12-15)10-13-6-16(21(23,24)25)9-17(7-13)22(26,27)28/h6-7,9,14-15H,2-5,8,10-12H2,1H3/t14-,15+/m1/s1. The van der Waals surface area contributed by atoms with E-state index in [0.29, 0.717) is 31.5 Å². The maximum atomic E-state index is 13.1. The van der Waals surface area contributed by atoms with Gasteiger partial charge in [-0.3, -0.25) is 14.4 Å². The highest BCUT2D eigenvalue weighted by molar-refractivity contribution is 5.89. The number of alkyl halides is 6. The van der Waals surface area contributed by atoms with Crippen LogP contribution in [-0.2, 0) is 38.0 Å². The van der Waals surface area contributed by atoms with Crippen molar-refractivity contribution in [2.45, 2.75) is 45.1 Å². The molecule has 34 heavy (non-hydrogen) atoms. The van der Waals surface area contributed by atoms with E-state index in [0.717, 1.165) is 4.90 Å². The number of hydrogen-bond acceptors (Lipinski definition) is 4. The second kappa shape index (κ2) is 9.83. The van der Waals surface area contributed by atoms with Crippen LogP contribution < -0.4 is 0 Å². The minimum atomic E-state index is -4.99. The number of esters is 1. The zero-order valence-corrected chi connectivity index (χ0v) is 18.3. The quantitative estimate of drug-likeness (QED) is 0.461. The molecule has 0 bridgehead atoms. The molecule has 1 aromatic rings. The molecule has 0 N–H and O–H groups in total. The number of amides is 2. The number of piperidine rings is 1. The molecule has 2 fully saturated rings. The molecule has 0 spiro atoms. The van der Waals surface area contributed by atoms with Crippen LogP contribution in [-0.4, -0.2) is 53.8 Å². The van der Waals surface area contributed by atoms with Gasteiger partial charge in [-0.25, -0.2) is 0 Å². The van der Waals surface area contributed by atoms with E-state index in [1.807, 2.05) is 0 Å². The van der Waals surface area contributed by atoms with Gasteiger partial charge in [-0.1, -0.05) is 0 Å². The van der Waals surface area contributed by atoms with Crippen LogP contribution in [0.25, 0.3) is 0 Å². The monoisotopic (exact) mass is 494 g/mol. The number of carbonyl (C=O) groups excluding carboxylic acids is 3. The SMILES string of the molecule is CCOC(=O)[C@@H]1CCCN(C(=O)[C@H]2CC(=O)N(Cc3cc(C(F)(F)F)cc(C(F)(F)F)c3)C2)C1. The Morgan fingerprint density at radius 2 is 1.62 bits per heavy atom. The third kappa shape index (κ3) is 6.01. The largest absolute Gasteiger partial charge is 0.466 e. The third-order valence-corrected chi connectivity index (χ3v) is 5.94. The Bertz CT molecular complexity index is 914. The number of rotatable bonds is 5. The Balaban J connectivity index is 1.71. The number of ether oxygens (including phenoxy) is 1. The van der Waals surface area contributed by atoms with E-state index in [1.165, 1.54) is 4.90 Å². The van der Waals surface area contributed by atoms with Crippen LogP contribution in [0.1, 0.15) is 42.9 Å². The Labute approximate surface area is 191 Å². The van der Waals surface area contributed by atoms with E-state index in [4.69, 9.17) is 4.74 Å². The van der Waals surface area contributed by atoms with Crippen molar-refractivity contribution in [1.29, 1.82) is 0 Å². The molecule has 2 aliphatic rings. The Morgan fingerprint density at radius 1 is 1.00 bits per heavy atom. The summed E-state index contributed by atoms with van der Waals surface area (Å²) in [5.41, 5.74) is -3.26. The van der Waals surface area contributed by atoms with Crippen LogP contribution in [0.5, 0.6) is 0 Å². The predicted molar refractivity (Wildman–Crippen MR) is 106 cm³/mol. The Morgan fingerprint density at radius 3 is 2.18 bits per heavy atom. The minimum absolute atomic E-state index is 0.0257. The smallest absolute Gasteiger partial charge is 0.416 e. The van der Waals surface area contributed by atoms with Gasteiger partial charge in [0.15, 0.2) is 0 Å². The molecule has 0 radical (unpaired) electrons. The summed E-state index contributed by atoms with van der Waals surface area (Å²) in [7, 11) is 0. The summed E-state index contributed by atoms with van der Waals surface area (Å²) >= 11 is 0. The van der Waals surface area contributed by atoms with Gasteiger partial charge in [-0.15, -0.1) is 0 Å². The van der Waals surface area contributed by atoms with Crippen LogP contribution in [0.2, 0.25) is 0 Å². The first-order valence-corrected chi connectivity index (χ1v) is 10.8. The van der Waals surface area contributed by atoms with Gasteiger partial charge in [0.1, 0.15) is 0 Å². The van der Waals surface area contributed by atoms with E-state index < -0.39 is 53.7 Å². The van der Waals surface area contributed by atoms with Crippen molar-refractivity contribution in [1.82, 2.24) is 9.80 Å². The minimum Gasteiger partial charge on any atom is -0.466 e. The average Bonchev–Trinajstić information content (AvgIpc) is 3.12. The molecule has 3 rings (SSSR count). The zero-order valence-electron chi connectivity index (χ0n) is 18.3. The third-order valence-electron chi connectivity index (χ3n) is 5.94. The van der Waals surface area contributed by atoms with Crippen LogP contribution in [0.15, 0.2) is 18.2 Å². The van der Waals surface area contributed by atoms with Gasteiger partial charge in [0.25, 0.3) is 0 Å². The normalized spacial score (nSPS) is 21.7. The highest BCUT2D eigenvalue weighted by Gasteiger charge is 2.40. The molecular formula is C22H24F6N2O4. The maximum absolute atomic E-state index is 13.1. The molecule has 2 amide bonds. The molecule has 2 saturated heterocycles.